The second-order valence-corrected chi connectivity index (χ2v) is 4.63. The summed E-state index contributed by atoms with van der Waals surface area (Å²) in [5.74, 6) is 0.513. The molecule has 4 nitrogen and oxygen atoms in total. The molecule has 0 amide bonds. The molecule has 17 heavy (non-hydrogen) atoms. The fraction of sp³-hybridized carbons (Fsp3) is 0.667. The number of halogens is 1. The molecule has 0 radical (unpaired) electrons. The van der Waals surface area contributed by atoms with Gasteiger partial charge in [0.1, 0.15) is 0 Å². The Balaban J connectivity index is 2.10. The van der Waals surface area contributed by atoms with Crippen molar-refractivity contribution in [3.05, 3.63) is 12.0 Å². The average molecular weight is 238 g/mol. The highest BCUT2D eigenvalue weighted by Crippen LogP contribution is 2.29. The van der Waals surface area contributed by atoms with Crippen molar-refractivity contribution in [1.82, 2.24) is 9.97 Å². The normalized spacial score (nSPS) is 24.6. The summed E-state index contributed by atoms with van der Waals surface area (Å²) in [6.45, 7) is 2.18. The molecule has 94 valence electrons. The summed E-state index contributed by atoms with van der Waals surface area (Å²) < 4.78 is 13.5. The van der Waals surface area contributed by atoms with Crippen molar-refractivity contribution >= 4 is 11.8 Å². The minimum absolute atomic E-state index is 0.109. The Morgan fingerprint density at radius 1 is 1.47 bits per heavy atom. The van der Waals surface area contributed by atoms with E-state index in [1.54, 1.807) is 0 Å². The van der Waals surface area contributed by atoms with Crippen LogP contribution in [0.25, 0.3) is 0 Å². The van der Waals surface area contributed by atoms with Crippen LogP contribution in [0.3, 0.4) is 0 Å². The highest BCUT2D eigenvalue weighted by molar-refractivity contribution is 5.40. The van der Waals surface area contributed by atoms with Gasteiger partial charge in [0.15, 0.2) is 11.6 Å². The molecule has 2 unspecified atom stereocenters. The van der Waals surface area contributed by atoms with Gasteiger partial charge in [-0.2, -0.15) is 4.98 Å². The van der Waals surface area contributed by atoms with Crippen molar-refractivity contribution in [2.24, 2.45) is 5.92 Å². The molecule has 0 bridgehead atoms. The predicted octanol–water partition coefficient (Wildman–Crippen LogP) is 2.58. The van der Waals surface area contributed by atoms with E-state index >= 15 is 0 Å². The van der Waals surface area contributed by atoms with Crippen molar-refractivity contribution in [1.29, 1.82) is 0 Å². The topological polar surface area (TPSA) is 63.8 Å². The Bertz CT molecular complexity index is 383. The van der Waals surface area contributed by atoms with E-state index in [1.807, 2.05) is 0 Å². The Hall–Kier alpha value is -1.39. The number of nitrogens with zero attached hydrogens (tertiary/aromatic N) is 2. The number of nitrogens with one attached hydrogen (secondary N) is 1. The van der Waals surface area contributed by atoms with Gasteiger partial charge in [-0.05, 0) is 18.8 Å². The molecule has 5 heteroatoms. The van der Waals surface area contributed by atoms with Crippen LogP contribution in [0.4, 0.5) is 16.2 Å². The lowest BCUT2D eigenvalue weighted by molar-refractivity contribution is 0.316. The smallest absolute Gasteiger partial charge is 0.222 e. The first-order valence-corrected chi connectivity index (χ1v) is 6.25. The van der Waals surface area contributed by atoms with Gasteiger partial charge < -0.3 is 11.1 Å². The predicted molar refractivity (Wildman–Crippen MR) is 66.1 cm³/mol. The molecule has 2 rings (SSSR count). The molecule has 3 N–H and O–H groups in total. The van der Waals surface area contributed by atoms with Gasteiger partial charge in [-0.15, -0.1) is 0 Å². The molecule has 1 fully saturated rings. The van der Waals surface area contributed by atoms with Gasteiger partial charge in [-0.25, -0.2) is 9.37 Å². The summed E-state index contributed by atoms with van der Waals surface area (Å²) in [6.07, 6.45) is 6.97. The Kier molecular flexibility index (Phi) is 3.76. The maximum Gasteiger partial charge on any atom is 0.222 e. The zero-order valence-electron chi connectivity index (χ0n) is 10.1. The molecular weight excluding hydrogens is 219 g/mol. The quantitative estimate of drug-likeness (QED) is 0.849. The van der Waals surface area contributed by atoms with E-state index < -0.39 is 5.82 Å². The van der Waals surface area contributed by atoms with Crippen molar-refractivity contribution in [2.45, 2.75) is 45.1 Å². The minimum Gasteiger partial charge on any atom is -0.368 e. The largest absolute Gasteiger partial charge is 0.368 e. The van der Waals surface area contributed by atoms with E-state index in [2.05, 4.69) is 22.2 Å². The van der Waals surface area contributed by atoms with Crippen LogP contribution in [-0.4, -0.2) is 16.0 Å². The van der Waals surface area contributed by atoms with Crippen LogP contribution in [0, 0.1) is 11.7 Å². The zero-order valence-corrected chi connectivity index (χ0v) is 10.1. The first kappa shape index (κ1) is 12.1. The average Bonchev–Trinajstić information content (AvgIpc) is 2.34. The van der Waals surface area contributed by atoms with Crippen molar-refractivity contribution in [3.63, 3.8) is 0 Å². The summed E-state index contributed by atoms with van der Waals surface area (Å²) in [7, 11) is 0. The van der Waals surface area contributed by atoms with Gasteiger partial charge in [0, 0.05) is 6.04 Å². The summed E-state index contributed by atoms with van der Waals surface area (Å²) in [4.78, 5) is 7.54. The molecule has 0 saturated heterocycles. The van der Waals surface area contributed by atoms with E-state index in [0.29, 0.717) is 12.0 Å². The fourth-order valence-electron chi connectivity index (χ4n) is 2.54. The fourth-order valence-corrected chi connectivity index (χ4v) is 2.54. The van der Waals surface area contributed by atoms with Crippen LogP contribution in [0.1, 0.15) is 39.0 Å². The number of hydrogen-bond acceptors (Lipinski definition) is 4. The molecule has 1 heterocycles. The van der Waals surface area contributed by atoms with Crippen LogP contribution >= 0.6 is 0 Å². The molecular formula is C12H19FN4. The summed E-state index contributed by atoms with van der Waals surface area (Å²) in [5, 5.41) is 3.18. The first-order chi connectivity index (χ1) is 8.20. The molecule has 0 aliphatic heterocycles. The second kappa shape index (κ2) is 5.29. The van der Waals surface area contributed by atoms with Gasteiger partial charge in [-0.1, -0.05) is 26.2 Å². The van der Waals surface area contributed by atoms with E-state index in [9.17, 15) is 4.39 Å². The maximum absolute atomic E-state index is 13.5. The lowest BCUT2D eigenvalue weighted by Crippen LogP contribution is -2.32. The van der Waals surface area contributed by atoms with Crippen LogP contribution in [0.5, 0.6) is 0 Å². The van der Waals surface area contributed by atoms with Gasteiger partial charge in [0.25, 0.3) is 0 Å². The van der Waals surface area contributed by atoms with E-state index in [0.717, 1.165) is 19.0 Å². The highest BCUT2D eigenvalue weighted by Gasteiger charge is 2.24. The number of nitrogen functional groups attached to an aromatic ring is 1. The molecule has 0 spiro atoms. The van der Waals surface area contributed by atoms with Crippen molar-refractivity contribution in [3.8, 4) is 0 Å². The Labute approximate surface area is 101 Å². The summed E-state index contributed by atoms with van der Waals surface area (Å²) in [5.41, 5.74) is 5.47. The lowest BCUT2D eigenvalue weighted by Gasteiger charge is -2.31. The number of rotatable bonds is 3. The minimum atomic E-state index is -0.431. The molecule has 1 aliphatic rings. The molecule has 0 aromatic carbocycles. The van der Waals surface area contributed by atoms with Crippen molar-refractivity contribution in [2.75, 3.05) is 11.1 Å². The number of hydrogen-bond donors (Lipinski definition) is 2. The zero-order chi connectivity index (χ0) is 12.3. The molecule has 1 aliphatic carbocycles. The number of aromatic nitrogens is 2. The molecule has 1 aromatic rings. The second-order valence-electron chi connectivity index (χ2n) is 4.63. The van der Waals surface area contributed by atoms with Gasteiger partial charge in [0.05, 0.1) is 6.20 Å². The van der Waals surface area contributed by atoms with Gasteiger partial charge >= 0.3 is 0 Å². The van der Waals surface area contributed by atoms with Crippen LogP contribution in [-0.2, 0) is 0 Å². The highest BCUT2D eigenvalue weighted by atomic mass is 19.1. The maximum atomic E-state index is 13.5. The molecule has 2 atom stereocenters. The van der Waals surface area contributed by atoms with Crippen molar-refractivity contribution < 1.29 is 4.39 Å². The summed E-state index contributed by atoms with van der Waals surface area (Å²) >= 11 is 0. The van der Waals surface area contributed by atoms with E-state index in [4.69, 9.17) is 5.73 Å². The van der Waals surface area contributed by atoms with Crippen LogP contribution in [0.15, 0.2) is 6.20 Å². The van der Waals surface area contributed by atoms with E-state index in [-0.39, 0.29) is 11.8 Å². The third-order valence-electron chi connectivity index (χ3n) is 3.52. The number of anilines is 2. The van der Waals surface area contributed by atoms with Crippen LogP contribution < -0.4 is 11.1 Å². The third kappa shape index (κ3) is 2.84. The van der Waals surface area contributed by atoms with E-state index in [1.165, 1.54) is 19.3 Å². The van der Waals surface area contributed by atoms with Crippen LogP contribution in [0.2, 0.25) is 0 Å². The standard InChI is InChI=1S/C12H19FN4/c1-2-8-5-3-4-6-10(8)16-11-9(13)7-15-12(14)17-11/h7-8,10H,2-6H2,1H3,(H3,14,15,16,17). The third-order valence-corrected chi connectivity index (χ3v) is 3.52. The molecule has 1 aromatic heterocycles. The summed E-state index contributed by atoms with van der Waals surface area (Å²) in [6, 6.07) is 0.303. The van der Waals surface area contributed by atoms with Gasteiger partial charge in [0.2, 0.25) is 5.95 Å². The lowest BCUT2D eigenvalue weighted by atomic mass is 9.83. The molecule has 1 saturated carbocycles. The number of nitrogens with two attached hydrogens (primary N) is 1. The Morgan fingerprint density at radius 2 is 2.24 bits per heavy atom. The first-order valence-electron chi connectivity index (χ1n) is 6.25. The monoisotopic (exact) mass is 238 g/mol. The van der Waals surface area contributed by atoms with Gasteiger partial charge in [-0.3, -0.25) is 0 Å². The Morgan fingerprint density at radius 3 is 3.00 bits per heavy atom. The SMILES string of the molecule is CCC1CCCCC1Nc1nc(N)ncc1F.